The average molecular weight is 554 g/mol. The van der Waals surface area contributed by atoms with Gasteiger partial charge in [0.25, 0.3) is 6.43 Å². The van der Waals surface area contributed by atoms with Gasteiger partial charge in [0.15, 0.2) is 15.7 Å². The number of sulfone groups is 1. The third-order valence-corrected chi connectivity index (χ3v) is 9.62. The molecule has 0 bridgehead atoms. The van der Waals surface area contributed by atoms with Crippen molar-refractivity contribution in [1.82, 2.24) is 15.3 Å². The number of nitrogens with one attached hydrogen (secondary N) is 2. The first kappa shape index (κ1) is 28.1. The van der Waals surface area contributed by atoms with E-state index >= 15 is 0 Å². The Balaban J connectivity index is 1.69. The molecule has 3 N–H and O–H groups in total. The molecule has 0 unspecified atom stereocenters. The second-order valence-electron chi connectivity index (χ2n) is 9.60. The number of aliphatic hydroxyl groups excluding tert-OH is 1. The van der Waals surface area contributed by atoms with Crippen molar-refractivity contribution in [2.75, 3.05) is 48.9 Å². The highest BCUT2D eigenvalue weighted by molar-refractivity contribution is 7.92. The molecule has 0 spiro atoms. The van der Waals surface area contributed by atoms with Crippen LogP contribution in [0.2, 0.25) is 0 Å². The Bertz CT molecular complexity index is 1230. The van der Waals surface area contributed by atoms with E-state index in [9.17, 15) is 27.1 Å². The Kier molecular flexibility index (Phi) is 8.78. The van der Waals surface area contributed by atoms with Crippen molar-refractivity contribution >= 4 is 27.4 Å². The maximum Gasteiger partial charge on any atom is 0.319 e. The fourth-order valence-corrected chi connectivity index (χ4v) is 6.97. The molecule has 10 nitrogen and oxygen atoms in total. The number of nitrogens with zero attached hydrogens (tertiary/aromatic N) is 3. The number of carbonyl (C=O) groups is 1. The molecule has 208 valence electrons. The molecule has 38 heavy (non-hydrogen) atoms. The topological polar surface area (TPSA) is 134 Å². The SMILES string of the molecule is C[C@H]1COCCN1c1cc(C2(S(=O)(=O)CCCO)CCC2)nc(-c2ccc(NC(=O)NCC(F)F)cc2)n1. The van der Waals surface area contributed by atoms with Crippen molar-refractivity contribution < 1.29 is 31.8 Å². The molecule has 2 amide bonds. The standard InChI is InChI=1S/C25H33F2N5O5S/c1-17-16-37-12-10-32(17)22-14-20(25(8-2-9-25)38(35,36)13-3-11-33)30-23(31-22)18-4-6-19(7-5-18)29-24(34)28-15-21(26)27/h4-7,14,17,21,33H,2-3,8-13,15-16H2,1H3,(H2,28,29,34)/t17-/m0/s1. The number of rotatable bonds is 10. The zero-order valence-corrected chi connectivity index (χ0v) is 22.0. The number of hydrogen-bond acceptors (Lipinski definition) is 8. The molecule has 1 saturated heterocycles. The summed E-state index contributed by atoms with van der Waals surface area (Å²) in [6, 6.07) is 7.61. The molecule has 1 saturated carbocycles. The van der Waals surface area contributed by atoms with Crippen LogP contribution in [0.5, 0.6) is 0 Å². The number of benzene rings is 1. The van der Waals surface area contributed by atoms with E-state index in [1.165, 1.54) is 0 Å². The van der Waals surface area contributed by atoms with Crippen molar-refractivity contribution in [2.45, 2.75) is 49.8 Å². The van der Waals surface area contributed by atoms with Crippen LogP contribution in [0.4, 0.5) is 25.1 Å². The summed E-state index contributed by atoms with van der Waals surface area (Å²) in [7, 11) is -3.59. The summed E-state index contributed by atoms with van der Waals surface area (Å²) in [5.74, 6) is 0.826. The molecule has 1 aromatic carbocycles. The molecule has 2 aromatic rings. The highest BCUT2D eigenvalue weighted by atomic mass is 32.2. The van der Waals surface area contributed by atoms with E-state index in [2.05, 4.69) is 15.5 Å². The first-order chi connectivity index (χ1) is 18.1. The van der Waals surface area contributed by atoms with Gasteiger partial charge in [-0.05, 0) is 56.9 Å². The van der Waals surface area contributed by atoms with Crippen LogP contribution >= 0.6 is 0 Å². The Morgan fingerprint density at radius 3 is 2.61 bits per heavy atom. The summed E-state index contributed by atoms with van der Waals surface area (Å²) in [5.41, 5.74) is 1.43. The lowest BCUT2D eigenvalue weighted by Gasteiger charge is -2.41. The zero-order valence-electron chi connectivity index (χ0n) is 21.2. The molecule has 1 aliphatic heterocycles. The minimum atomic E-state index is -3.59. The van der Waals surface area contributed by atoms with E-state index < -0.39 is 33.6 Å². The van der Waals surface area contributed by atoms with Crippen LogP contribution in [0.25, 0.3) is 11.4 Å². The lowest BCUT2D eigenvalue weighted by molar-refractivity contribution is 0.0985. The van der Waals surface area contributed by atoms with Crippen LogP contribution in [0.1, 0.15) is 38.3 Å². The first-order valence-corrected chi connectivity index (χ1v) is 14.3. The fraction of sp³-hybridized carbons (Fsp3) is 0.560. The average Bonchev–Trinajstić information content (AvgIpc) is 2.86. The Morgan fingerprint density at radius 1 is 1.26 bits per heavy atom. The van der Waals surface area contributed by atoms with Gasteiger partial charge in [0.1, 0.15) is 10.6 Å². The normalized spacial score (nSPS) is 19.2. The van der Waals surface area contributed by atoms with Gasteiger partial charge in [0.05, 0.1) is 37.2 Å². The predicted molar refractivity (Wildman–Crippen MR) is 139 cm³/mol. The number of ether oxygens (including phenoxy) is 1. The van der Waals surface area contributed by atoms with Gasteiger partial charge in [-0.15, -0.1) is 0 Å². The van der Waals surface area contributed by atoms with E-state index in [4.69, 9.17) is 14.7 Å². The van der Waals surface area contributed by atoms with Crippen LogP contribution in [-0.4, -0.2) is 80.7 Å². The summed E-state index contributed by atoms with van der Waals surface area (Å²) >= 11 is 0. The molecule has 2 heterocycles. The van der Waals surface area contributed by atoms with E-state index in [1.807, 2.05) is 6.92 Å². The zero-order chi connectivity index (χ0) is 27.3. The van der Waals surface area contributed by atoms with Gasteiger partial charge in [-0.3, -0.25) is 0 Å². The number of aromatic nitrogens is 2. The van der Waals surface area contributed by atoms with Gasteiger partial charge >= 0.3 is 6.03 Å². The highest BCUT2D eigenvalue weighted by Gasteiger charge is 2.51. The molecular weight excluding hydrogens is 520 g/mol. The van der Waals surface area contributed by atoms with Crippen LogP contribution < -0.4 is 15.5 Å². The number of halogens is 2. The van der Waals surface area contributed by atoms with Gasteiger partial charge in [-0.1, -0.05) is 0 Å². The summed E-state index contributed by atoms with van der Waals surface area (Å²) in [5, 5.41) is 13.8. The summed E-state index contributed by atoms with van der Waals surface area (Å²) in [4.78, 5) is 23.4. The second-order valence-corrected chi connectivity index (χ2v) is 12.0. The molecule has 1 aliphatic carbocycles. The van der Waals surface area contributed by atoms with Crippen molar-refractivity contribution in [3.05, 3.63) is 36.0 Å². The number of hydrogen-bond donors (Lipinski definition) is 3. The fourth-order valence-electron chi connectivity index (χ4n) is 4.73. The predicted octanol–water partition coefficient (Wildman–Crippen LogP) is 2.93. The molecule has 0 radical (unpaired) electrons. The van der Waals surface area contributed by atoms with Gasteiger partial charge in [0, 0.05) is 30.5 Å². The maximum absolute atomic E-state index is 13.4. The molecule has 2 aliphatic rings. The van der Waals surface area contributed by atoms with Crippen molar-refractivity contribution in [3.8, 4) is 11.4 Å². The number of anilines is 2. The molecule has 1 aromatic heterocycles. The second kappa shape index (κ2) is 11.9. The number of urea groups is 1. The summed E-state index contributed by atoms with van der Waals surface area (Å²) < 4.78 is 56.0. The van der Waals surface area contributed by atoms with Crippen molar-refractivity contribution in [2.24, 2.45) is 0 Å². The monoisotopic (exact) mass is 553 g/mol. The minimum Gasteiger partial charge on any atom is -0.396 e. The lowest BCUT2D eigenvalue weighted by atomic mass is 9.81. The molecular formula is C25H33F2N5O5S. The number of alkyl halides is 2. The molecule has 2 fully saturated rings. The van der Waals surface area contributed by atoms with Gasteiger partial charge in [0.2, 0.25) is 0 Å². The molecule has 13 heteroatoms. The van der Waals surface area contributed by atoms with Crippen LogP contribution in [0, 0.1) is 0 Å². The Hall–Kier alpha value is -2.90. The molecule has 4 rings (SSSR count). The molecule has 1 atom stereocenters. The van der Waals surface area contributed by atoms with E-state index in [1.54, 1.807) is 30.3 Å². The Labute approximate surface area is 220 Å². The lowest BCUT2D eigenvalue weighted by Crippen LogP contribution is -2.46. The van der Waals surface area contributed by atoms with E-state index in [0.717, 1.165) is 6.42 Å². The minimum absolute atomic E-state index is 0.0287. The summed E-state index contributed by atoms with van der Waals surface area (Å²) in [6.07, 6.45) is -0.830. The quantitative estimate of drug-likeness (QED) is 0.409. The number of carbonyl (C=O) groups excluding carboxylic acids is 1. The number of morpholine rings is 1. The van der Waals surface area contributed by atoms with Crippen molar-refractivity contribution in [1.29, 1.82) is 0 Å². The number of amides is 2. The highest BCUT2D eigenvalue weighted by Crippen LogP contribution is 2.49. The van der Waals surface area contributed by atoms with Crippen molar-refractivity contribution in [3.63, 3.8) is 0 Å². The largest absolute Gasteiger partial charge is 0.396 e. The van der Waals surface area contributed by atoms with Gasteiger partial charge in [-0.25, -0.2) is 32.0 Å². The smallest absolute Gasteiger partial charge is 0.319 e. The van der Waals surface area contributed by atoms with E-state index in [-0.39, 0.29) is 24.8 Å². The van der Waals surface area contributed by atoms with Crippen LogP contribution in [0.15, 0.2) is 30.3 Å². The van der Waals surface area contributed by atoms with Crippen LogP contribution in [-0.2, 0) is 19.3 Å². The first-order valence-electron chi connectivity index (χ1n) is 12.7. The third kappa shape index (κ3) is 6.05. The number of aliphatic hydroxyl groups is 1. The summed E-state index contributed by atoms with van der Waals surface area (Å²) in [6.45, 7) is 2.68. The van der Waals surface area contributed by atoms with Gasteiger partial charge < -0.3 is 25.4 Å². The third-order valence-electron chi connectivity index (χ3n) is 6.99. The van der Waals surface area contributed by atoms with Crippen LogP contribution in [0.3, 0.4) is 0 Å². The van der Waals surface area contributed by atoms with Gasteiger partial charge in [-0.2, -0.15) is 0 Å². The maximum atomic E-state index is 13.4. The van der Waals surface area contributed by atoms with E-state index in [0.29, 0.717) is 61.2 Å². The Morgan fingerprint density at radius 2 is 2.00 bits per heavy atom.